The van der Waals surface area contributed by atoms with Gasteiger partial charge in [-0.05, 0) is 51.4 Å². The fourth-order valence-electron chi connectivity index (χ4n) is 10.7. The van der Waals surface area contributed by atoms with Crippen LogP contribution in [0.25, 0.3) is 0 Å². The number of carbonyl (C=O) groups excluding carboxylic acids is 1. The minimum Gasteiger partial charge on any atom is -0.756 e. The van der Waals surface area contributed by atoms with Crippen molar-refractivity contribution in [3.8, 4) is 0 Å². The molecule has 0 heterocycles. The van der Waals surface area contributed by atoms with Crippen molar-refractivity contribution in [1.82, 2.24) is 5.32 Å². The van der Waals surface area contributed by atoms with Crippen LogP contribution >= 0.6 is 7.82 Å². The lowest BCUT2D eigenvalue weighted by Gasteiger charge is -2.30. The second kappa shape index (κ2) is 61.3. The molecular weight excluding hydrogens is 996 g/mol. The molecule has 0 aliphatic heterocycles. The van der Waals surface area contributed by atoms with Gasteiger partial charge < -0.3 is 28.8 Å². The Labute approximate surface area is 493 Å². The Morgan fingerprint density at radius 2 is 0.734 bits per heavy atom. The van der Waals surface area contributed by atoms with Gasteiger partial charge in [0, 0.05) is 6.42 Å². The minimum atomic E-state index is -4.58. The number of nitrogens with one attached hydrogen (secondary N) is 1. The van der Waals surface area contributed by atoms with Crippen LogP contribution in [0.2, 0.25) is 0 Å². The minimum absolute atomic E-state index is 0.0144. The number of hydrogen-bond donors (Lipinski definition) is 2. The van der Waals surface area contributed by atoms with Crippen LogP contribution in [0.3, 0.4) is 0 Å². The van der Waals surface area contributed by atoms with E-state index in [4.69, 9.17) is 9.05 Å². The van der Waals surface area contributed by atoms with Crippen LogP contribution in [-0.2, 0) is 18.4 Å². The fourth-order valence-corrected chi connectivity index (χ4v) is 11.4. The first-order valence-electron chi connectivity index (χ1n) is 34.8. The molecule has 0 rings (SSSR count). The lowest BCUT2D eigenvalue weighted by atomic mass is 10.0. The number of nitrogens with zero attached hydrogens (tertiary/aromatic N) is 1. The molecule has 0 fully saturated rings. The zero-order chi connectivity index (χ0) is 57.7. The molecule has 0 spiro atoms. The zero-order valence-electron chi connectivity index (χ0n) is 53.6. The molecule has 0 aliphatic rings. The monoisotopic (exact) mass is 1130 g/mol. The molecule has 0 bridgehead atoms. The number of phosphoric acid groups is 1. The summed E-state index contributed by atoms with van der Waals surface area (Å²) in [7, 11) is 1.32. The summed E-state index contributed by atoms with van der Waals surface area (Å²) >= 11 is 0. The second-order valence-corrected chi connectivity index (χ2v) is 26.7. The van der Waals surface area contributed by atoms with Gasteiger partial charge in [-0.2, -0.15) is 0 Å². The van der Waals surface area contributed by atoms with E-state index in [9.17, 15) is 19.4 Å². The van der Waals surface area contributed by atoms with Crippen molar-refractivity contribution in [2.45, 2.75) is 366 Å². The lowest BCUT2D eigenvalue weighted by molar-refractivity contribution is -0.870. The van der Waals surface area contributed by atoms with Crippen LogP contribution in [0.5, 0.6) is 0 Å². The highest BCUT2D eigenvalue weighted by Gasteiger charge is 2.24. The SMILES string of the molecule is CCCCCCC/C=C\C/C=C\C/C=C\CCCCCCCCCCCCCCCCCCCCCCC(=O)NC(COP(=O)([O-])OCC[N+](C)(C)C)C(O)CCCCCCCCCCCCCCCCCCCCCCCC. The number of hydrogen-bond acceptors (Lipinski definition) is 6. The summed E-state index contributed by atoms with van der Waals surface area (Å²) in [4.78, 5) is 25.7. The highest BCUT2D eigenvalue weighted by Crippen LogP contribution is 2.38. The third kappa shape index (κ3) is 64.1. The van der Waals surface area contributed by atoms with Gasteiger partial charge in [-0.1, -0.05) is 333 Å². The third-order valence-corrected chi connectivity index (χ3v) is 17.1. The van der Waals surface area contributed by atoms with Gasteiger partial charge in [0.25, 0.3) is 7.82 Å². The molecule has 9 heteroatoms. The Morgan fingerprint density at radius 3 is 1.06 bits per heavy atom. The zero-order valence-corrected chi connectivity index (χ0v) is 54.5. The number of aliphatic hydroxyl groups excluding tert-OH is 1. The first kappa shape index (κ1) is 77.7. The summed E-state index contributed by atoms with van der Waals surface area (Å²) in [6.45, 7) is 4.76. The molecule has 0 aromatic carbocycles. The Kier molecular flexibility index (Phi) is 60.3. The van der Waals surface area contributed by atoms with Crippen molar-refractivity contribution in [3.63, 3.8) is 0 Å². The van der Waals surface area contributed by atoms with Crippen molar-refractivity contribution in [1.29, 1.82) is 0 Å². The summed E-state index contributed by atoms with van der Waals surface area (Å²) in [5.41, 5.74) is 0. The molecule has 468 valence electrons. The number of phosphoric ester groups is 1. The number of allylic oxidation sites excluding steroid dienone is 6. The summed E-state index contributed by atoms with van der Waals surface area (Å²) in [6.07, 6.45) is 80.7. The van der Waals surface area contributed by atoms with E-state index in [0.717, 1.165) is 51.4 Å². The van der Waals surface area contributed by atoms with Crippen molar-refractivity contribution < 1.29 is 32.9 Å². The third-order valence-electron chi connectivity index (χ3n) is 16.1. The van der Waals surface area contributed by atoms with Gasteiger partial charge in [0.1, 0.15) is 13.2 Å². The molecule has 0 saturated carbocycles. The lowest BCUT2D eigenvalue weighted by Crippen LogP contribution is -2.46. The van der Waals surface area contributed by atoms with E-state index >= 15 is 0 Å². The van der Waals surface area contributed by atoms with Crippen LogP contribution in [-0.4, -0.2) is 68.5 Å². The fraction of sp³-hybridized carbons (Fsp3) is 0.900. The molecule has 3 atom stereocenters. The molecule has 0 aliphatic carbocycles. The maximum absolute atomic E-state index is 13.1. The smallest absolute Gasteiger partial charge is 0.268 e. The summed E-state index contributed by atoms with van der Waals surface area (Å²) in [5, 5.41) is 14.1. The van der Waals surface area contributed by atoms with Crippen LogP contribution in [0.15, 0.2) is 36.5 Å². The normalized spacial score (nSPS) is 13.9. The first-order chi connectivity index (χ1) is 38.5. The number of amides is 1. The average Bonchev–Trinajstić information content (AvgIpc) is 3.42. The second-order valence-electron chi connectivity index (χ2n) is 25.2. The molecule has 2 N–H and O–H groups in total. The van der Waals surface area contributed by atoms with Gasteiger partial charge in [0.05, 0.1) is 39.9 Å². The van der Waals surface area contributed by atoms with E-state index in [2.05, 4.69) is 55.6 Å². The molecule has 79 heavy (non-hydrogen) atoms. The molecule has 3 unspecified atom stereocenters. The van der Waals surface area contributed by atoms with Gasteiger partial charge in [-0.15, -0.1) is 0 Å². The Hall–Kier alpha value is -1.28. The maximum Gasteiger partial charge on any atom is 0.268 e. The summed E-state index contributed by atoms with van der Waals surface area (Å²) < 4.78 is 23.5. The van der Waals surface area contributed by atoms with Gasteiger partial charge in [-0.3, -0.25) is 9.36 Å². The van der Waals surface area contributed by atoms with Gasteiger partial charge >= 0.3 is 0 Å². The van der Waals surface area contributed by atoms with Crippen LogP contribution in [0, 0.1) is 0 Å². The first-order valence-corrected chi connectivity index (χ1v) is 36.3. The quantitative estimate of drug-likeness (QED) is 0.0272. The summed E-state index contributed by atoms with van der Waals surface area (Å²) in [6, 6.07) is -0.800. The Morgan fingerprint density at radius 1 is 0.443 bits per heavy atom. The summed E-state index contributed by atoms with van der Waals surface area (Å²) in [5.74, 6) is -0.157. The molecule has 8 nitrogen and oxygen atoms in total. The number of aliphatic hydroxyl groups is 1. The van der Waals surface area contributed by atoms with Gasteiger partial charge in [0.2, 0.25) is 5.91 Å². The van der Waals surface area contributed by atoms with E-state index in [1.54, 1.807) is 0 Å². The molecular formula is C70H137N2O6P. The molecule has 0 saturated heterocycles. The standard InChI is InChI=1S/C70H137N2O6P/c1-6-8-10-12-14-16-18-20-22-24-26-28-30-31-32-33-34-35-36-37-38-39-40-41-42-44-46-48-50-52-54-56-58-60-62-64-70(74)71-68(67-78-79(75,76)77-66-65-72(3,4)5)69(73)63-61-59-57-55-53-51-49-47-45-43-29-27-25-23-21-19-17-15-13-11-9-7-2/h18,20,24,26,30-31,68-69,73H,6-17,19,21-23,25,27-29,32-67H2,1-5H3,(H-,71,74,75,76)/b20-18-,26-24-,31-30-. The number of quaternary nitrogens is 1. The van der Waals surface area contributed by atoms with Gasteiger partial charge in [0.15, 0.2) is 0 Å². The van der Waals surface area contributed by atoms with E-state index in [-0.39, 0.29) is 19.1 Å². The van der Waals surface area contributed by atoms with Crippen molar-refractivity contribution in [2.24, 2.45) is 0 Å². The van der Waals surface area contributed by atoms with Crippen LogP contribution < -0.4 is 10.2 Å². The predicted molar refractivity (Wildman–Crippen MR) is 344 cm³/mol. The van der Waals surface area contributed by atoms with Crippen LogP contribution in [0.4, 0.5) is 0 Å². The Balaban J connectivity index is 3.98. The van der Waals surface area contributed by atoms with Crippen molar-refractivity contribution in [2.75, 3.05) is 40.9 Å². The van der Waals surface area contributed by atoms with E-state index < -0.39 is 20.0 Å². The highest BCUT2D eigenvalue weighted by atomic mass is 31.2. The molecule has 0 radical (unpaired) electrons. The average molecular weight is 1130 g/mol. The topological polar surface area (TPSA) is 108 Å². The van der Waals surface area contributed by atoms with Crippen molar-refractivity contribution >= 4 is 13.7 Å². The number of carbonyl (C=O) groups is 1. The van der Waals surface area contributed by atoms with Gasteiger partial charge in [-0.25, -0.2) is 0 Å². The van der Waals surface area contributed by atoms with Crippen LogP contribution in [0.1, 0.15) is 354 Å². The van der Waals surface area contributed by atoms with E-state index in [0.29, 0.717) is 23.9 Å². The van der Waals surface area contributed by atoms with Crippen molar-refractivity contribution in [3.05, 3.63) is 36.5 Å². The largest absolute Gasteiger partial charge is 0.756 e. The Bertz CT molecular complexity index is 1380. The highest BCUT2D eigenvalue weighted by molar-refractivity contribution is 7.45. The predicted octanol–water partition coefficient (Wildman–Crippen LogP) is 21.4. The molecule has 1 amide bonds. The molecule has 0 aromatic rings. The molecule has 0 aromatic heterocycles. The number of rotatable bonds is 65. The van der Waals surface area contributed by atoms with E-state index in [1.807, 2.05) is 21.1 Å². The maximum atomic E-state index is 13.1. The number of unbranched alkanes of at least 4 members (excludes halogenated alkanes) is 46. The van der Waals surface area contributed by atoms with E-state index in [1.165, 1.54) is 276 Å². The number of likely N-dealkylation sites (N-methyl/N-ethyl adjacent to an activating group) is 1.